The largest absolute Gasteiger partial charge is 0.377 e. The van der Waals surface area contributed by atoms with Crippen LogP contribution in [0.5, 0.6) is 0 Å². The average Bonchev–Trinajstić information content (AvgIpc) is 2.51. The number of rotatable bonds is 3. The molecule has 2 fully saturated rings. The first-order chi connectivity index (χ1) is 10.1. The molecule has 2 aliphatic heterocycles. The summed E-state index contributed by atoms with van der Waals surface area (Å²) in [4.78, 5) is 2.62. The average molecular weight is 288 g/mol. The molecule has 1 N–H and O–H groups in total. The van der Waals surface area contributed by atoms with Gasteiger partial charge in [-0.1, -0.05) is 30.3 Å². The number of piperazine rings is 1. The zero-order valence-corrected chi connectivity index (χ0v) is 13.3. The lowest BCUT2D eigenvalue weighted by Crippen LogP contribution is -2.60. The van der Waals surface area contributed by atoms with E-state index in [-0.39, 0.29) is 5.54 Å². The molecule has 0 bridgehead atoms. The number of ether oxygens (including phenoxy) is 1. The van der Waals surface area contributed by atoms with Crippen molar-refractivity contribution in [3.05, 3.63) is 35.9 Å². The van der Waals surface area contributed by atoms with Crippen molar-refractivity contribution in [2.75, 3.05) is 26.2 Å². The van der Waals surface area contributed by atoms with Crippen LogP contribution in [0.25, 0.3) is 0 Å². The van der Waals surface area contributed by atoms with Crippen molar-refractivity contribution in [3.63, 3.8) is 0 Å². The number of hydrogen-bond acceptors (Lipinski definition) is 3. The van der Waals surface area contributed by atoms with E-state index in [4.69, 9.17) is 4.74 Å². The third-order valence-electron chi connectivity index (χ3n) is 4.94. The van der Waals surface area contributed by atoms with E-state index in [1.165, 1.54) is 24.8 Å². The summed E-state index contributed by atoms with van der Waals surface area (Å²) in [6, 6.07) is 11.2. The molecule has 21 heavy (non-hydrogen) atoms. The molecule has 0 aliphatic carbocycles. The van der Waals surface area contributed by atoms with E-state index in [0.29, 0.717) is 12.1 Å². The Balaban J connectivity index is 1.67. The van der Waals surface area contributed by atoms with Crippen molar-refractivity contribution in [2.24, 2.45) is 0 Å². The fourth-order valence-electron chi connectivity index (χ4n) is 3.44. The molecule has 0 saturated carbocycles. The molecule has 3 nitrogen and oxygen atoms in total. The molecule has 0 spiro atoms. The van der Waals surface area contributed by atoms with E-state index in [1.807, 2.05) is 0 Å². The van der Waals surface area contributed by atoms with Crippen molar-refractivity contribution >= 4 is 0 Å². The smallest absolute Gasteiger partial charge is 0.0702 e. The molecule has 2 heterocycles. The molecule has 2 saturated heterocycles. The van der Waals surface area contributed by atoms with E-state index in [1.54, 1.807) is 0 Å². The van der Waals surface area contributed by atoms with Gasteiger partial charge in [0.1, 0.15) is 0 Å². The Hall–Kier alpha value is -0.900. The summed E-state index contributed by atoms with van der Waals surface area (Å²) in [7, 11) is 0. The molecular weight excluding hydrogens is 260 g/mol. The highest BCUT2D eigenvalue weighted by molar-refractivity contribution is 5.20. The molecule has 1 aromatic rings. The molecule has 1 aromatic carbocycles. The van der Waals surface area contributed by atoms with E-state index in [0.717, 1.165) is 26.2 Å². The first kappa shape index (κ1) is 15.0. The third-order valence-corrected chi connectivity index (χ3v) is 4.94. The van der Waals surface area contributed by atoms with Crippen LogP contribution in [0, 0.1) is 0 Å². The summed E-state index contributed by atoms with van der Waals surface area (Å²) in [5, 5.41) is 3.71. The van der Waals surface area contributed by atoms with Gasteiger partial charge in [-0.3, -0.25) is 4.90 Å². The van der Waals surface area contributed by atoms with Crippen LogP contribution in [0.1, 0.15) is 44.7 Å². The molecule has 3 heteroatoms. The molecule has 3 rings (SSSR count). The normalized spacial score (nSPS) is 30.2. The van der Waals surface area contributed by atoms with Crippen molar-refractivity contribution in [3.8, 4) is 0 Å². The second-order valence-electron chi connectivity index (χ2n) is 7.05. The lowest BCUT2D eigenvalue weighted by Gasteiger charge is -2.47. The Kier molecular flexibility index (Phi) is 4.63. The van der Waals surface area contributed by atoms with Crippen LogP contribution >= 0.6 is 0 Å². The summed E-state index contributed by atoms with van der Waals surface area (Å²) in [6.07, 6.45) is 4.19. The van der Waals surface area contributed by atoms with Crippen LogP contribution in [0.4, 0.5) is 0 Å². The second kappa shape index (κ2) is 6.47. The van der Waals surface area contributed by atoms with Crippen molar-refractivity contribution in [1.29, 1.82) is 0 Å². The topological polar surface area (TPSA) is 24.5 Å². The van der Waals surface area contributed by atoms with Crippen LogP contribution in [0.15, 0.2) is 30.3 Å². The summed E-state index contributed by atoms with van der Waals surface area (Å²) in [6.45, 7) is 8.78. The predicted octanol–water partition coefficient (Wildman–Crippen LogP) is 2.98. The molecule has 0 amide bonds. The Morgan fingerprint density at radius 2 is 2.05 bits per heavy atom. The quantitative estimate of drug-likeness (QED) is 0.925. The SMILES string of the molecule is CC1(C)CNC(c2ccccc2)CN1CC1CCCCO1. The van der Waals surface area contributed by atoms with E-state index in [9.17, 15) is 0 Å². The zero-order chi connectivity index (χ0) is 14.7. The zero-order valence-electron chi connectivity index (χ0n) is 13.3. The van der Waals surface area contributed by atoms with Gasteiger partial charge in [0.25, 0.3) is 0 Å². The number of nitrogens with one attached hydrogen (secondary N) is 1. The highest BCUT2D eigenvalue weighted by Crippen LogP contribution is 2.27. The maximum absolute atomic E-state index is 5.95. The lowest BCUT2D eigenvalue weighted by atomic mass is 9.93. The van der Waals surface area contributed by atoms with Crippen LogP contribution in [0.2, 0.25) is 0 Å². The lowest BCUT2D eigenvalue weighted by molar-refractivity contribution is -0.0377. The van der Waals surface area contributed by atoms with Crippen molar-refractivity contribution in [1.82, 2.24) is 10.2 Å². The van der Waals surface area contributed by atoms with Gasteiger partial charge in [-0.05, 0) is 38.7 Å². The standard InChI is InChI=1S/C18H28N2O/c1-18(2)14-19-17(15-8-4-3-5-9-15)13-20(18)12-16-10-6-7-11-21-16/h3-5,8-9,16-17,19H,6-7,10-14H2,1-2H3. The highest BCUT2D eigenvalue weighted by atomic mass is 16.5. The molecule has 2 aliphatic rings. The van der Waals surface area contributed by atoms with Gasteiger partial charge >= 0.3 is 0 Å². The van der Waals surface area contributed by atoms with Gasteiger partial charge in [0.2, 0.25) is 0 Å². The van der Waals surface area contributed by atoms with Gasteiger partial charge in [0, 0.05) is 37.8 Å². The maximum Gasteiger partial charge on any atom is 0.0702 e. The molecule has 2 atom stereocenters. The Bertz CT molecular complexity index is 440. The minimum Gasteiger partial charge on any atom is -0.377 e. The Morgan fingerprint density at radius 1 is 1.24 bits per heavy atom. The molecular formula is C18H28N2O. The number of nitrogens with zero attached hydrogens (tertiary/aromatic N) is 1. The van der Waals surface area contributed by atoms with Crippen LogP contribution in [-0.2, 0) is 4.74 Å². The highest BCUT2D eigenvalue weighted by Gasteiger charge is 2.35. The van der Waals surface area contributed by atoms with Gasteiger partial charge < -0.3 is 10.1 Å². The van der Waals surface area contributed by atoms with Crippen LogP contribution < -0.4 is 5.32 Å². The Labute approximate surface area is 128 Å². The minimum atomic E-state index is 0.200. The van der Waals surface area contributed by atoms with Gasteiger partial charge in [0.05, 0.1) is 6.10 Å². The number of benzene rings is 1. The van der Waals surface area contributed by atoms with E-state index in [2.05, 4.69) is 54.4 Å². The minimum absolute atomic E-state index is 0.200. The van der Waals surface area contributed by atoms with Crippen LogP contribution in [-0.4, -0.2) is 42.8 Å². The second-order valence-corrected chi connectivity index (χ2v) is 7.05. The van der Waals surface area contributed by atoms with Crippen molar-refractivity contribution in [2.45, 2.75) is 50.8 Å². The van der Waals surface area contributed by atoms with E-state index >= 15 is 0 Å². The van der Waals surface area contributed by atoms with Gasteiger partial charge in [-0.15, -0.1) is 0 Å². The third kappa shape index (κ3) is 3.65. The predicted molar refractivity (Wildman–Crippen MR) is 86.4 cm³/mol. The first-order valence-corrected chi connectivity index (χ1v) is 8.30. The summed E-state index contributed by atoms with van der Waals surface area (Å²) in [5.74, 6) is 0. The maximum atomic E-state index is 5.95. The van der Waals surface area contributed by atoms with Gasteiger partial charge in [0.15, 0.2) is 0 Å². The molecule has 0 radical (unpaired) electrons. The van der Waals surface area contributed by atoms with E-state index < -0.39 is 0 Å². The summed E-state index contributed by atoms with van der Waals surface area (Å²) < 4.78 is 5.95. The molecule has 116 valence electrons. The molecule has 2 unspecified atom stereocenters. The Morgan fingerprint density at radius 3 is 2.76 bits per heavy atom. The van der Waals surface area contributed by atoms with Crippen LogP contribution in [0.3, 0.4) is 0 Å². The number of hydrogen-bond donors (Lipinski definition) is 1. The summed E-state index contributed by atoms with van der Waals surface area (Å²) in [5.41, 5.74) is 1.59. The molecule has 0 aromatic heterocycles. The fourth-order valence-corrected chi connectivity index (χ4v) is 3.44. The monoisotopic (exact) mass is 288 g/mol. The van der Waals surface area contributed by atoms with Gasteiger partial charge in [-0.25, -0.2) is 0 Å². The van der Waals surface area contributed by atoms with Gasteiger partial charge in [-0.2, -0.15) is 0 Å². The summed E-state index contributed by atoms with van der Waals surface area (Å²) >= 11 is 0. The van der Waals surface area contributed by atoms with Crippen molar-refractivity contribution < 1.29 is 4.74 Å². The first-order valence-electron chi connectivity index (χ1n) is 8.30. The fraction of sp³-hybridized carbons (Fsp3) is 0.667.